The third-order valence-electron chi connectivity index (χ3n) is 4.10. The predicted molar refractivity (Wildman–Crippen MR) is 116 cm³/mol. The molecule has 152 valence electrons. The first-order valence-corrected chi connectivity index (χ1v) is 11.8. The van der Waals surface area contributed by atoms with Gasteiger partial charge in [0, 0.05) is 24.3 Å². The van der Waals surface area contributed by atoms with Gasteiger partial charge in [0.2, 0.25) is 5.91 Å². The Morgan fingerprint density at radius 2 is 2.07 bits per heavy atom. The molecule has 0 aliphatic carbocycles. The van der Waals surface area contributed by atoms with Gasteiger partial charge in [-0.25, -0.2) is 8.42 Å². The molecule has 10 heteroatoms. The molecule has 1 unspecified atom stereocenters. The van der Waals surface area contributed by atoms with Crippen molar-refractivity contribution in [2.24, 2.45) is 0 Å². The van der Waals surface area contributed by atoms with Crippen LogP contribution in [0.4, 0.5) is 0 Å². The molecule has 0 bridgehead atoms. The van der Waals surface area contributed by atoms with E-state index in [0.29, 0.717) is 10.5 Å². The van der Waals surface area contributed by atoms with E-state index in [1.165, 1.54) is 24.9 Å². The number of hydrogen-bond donors (Lipinski definition) is 4. The van der Waals surface area contributed by atoms with E-state index in [-0.39, 0.29) is 28.4 Å². The van der Waals surface area contributed by atoms with Crippen LogP contribution < -0.4 is 15.4 Å². The smallest absolute Gasteiger partial charge is 0.264 e. The third-order valence-corrected chi connectivity index (χ3v) is 6.85. The van der Waals surface area contributed by atoms with E-state index in [2.05, 4.69) is 20.3 Å². The molecular weight excluding hydrogens is 416 g/mol. The summed E-state index contributed by atoms with van der Waals surface area (Å²) >= 11 is 6.22. The molecule has 28 heavy (non-hydrogen) atoms. The average molecular weight is 441 g/mol. The van der Waals surface area contributed by atoms with Crippen LogP contribution in [0.2, 0.25) is 0 Å². The van der Waals surface area contributed by atoms with Crippen molar-refractivity contribution in [3.05, 3.63) is 47.8 Å². The van der Waals surface area contributed by atoms with Gasteiger partial charge in [-0.05, 0) is 54.2 Å². The van der Waals surface area contributed by atoms with E-state index in [0.717, 1.165) is 12.0 Å². The Bertz CT molecular complexity index is 928. The van der Waals surface area contributed by atoms with E-state index >= 15 is 0 Å². The number of carbonyl (C=O) groups excluding carboxylic acids is 1. The lowest BCUT2D eigenvalue weighted by Gasteiger charge is -2.16. The summed E-state index contributed by atoms with van der Waals surface area (Å²) in [6, 6.07) is 6.81. The van der Waals surface area contributed by atoms with Crippen LogP contribution in [0.3, 0.4) is 0 Å². The number of hydrogen-bond acceptors (Lipinski definition) is 5. The summed E-state index contributed by atoms with van der Waals surface area (Å²) in [6.45, 7) is 1.99. The number of carbonyl (C=O) groups is 1. The number of amides is 1. The minimum atomic E-state index is -3.85. The summed E-state index contributed by atoms with van der Waals surface area (Å²) in [4.78, 5) is 16.2. The van der Waals surface area contributed by atoms with Crippen LogP contribution in [0.15, 0.2) is 46.5 Å². The lowest BCUT2D eigenvalue weighted by molar-refractivity contribution is -0.121. The molecule has 0 fully saturated rings. The fraction of sp³-hybridized carbons (Fsp3) is 0.333. The predicted octanol–water partition coefficient (Wildman–Crippen LogP) is 2.33. The van der Waals surface area contributed by atoms with Crippen molar-refractivity contribution in [1.29, 1.82) is 0 Å². The summed E-state index contributed by atoms with van der Waals surface area (Å²) in [5.41, 5.74) is 1.61. The molecule has 0 saturated carbocycles. The van der Waals surface area contributed by atoms with E-state index in [9.17, 15) is 13.2 Å². The third kappa shape index (κ3) is 5.73. The maximum atomic E-state index is 12.6. The van der Waals surface area contributed by atoms with Gasteiger partial charge in [0.15, 0.2) is 5.11 Å². The second-order valence-corrected chi connectivity index (χ2v) is 8.93. The molecule has 0 spiro atoms. The zero-order valence-electron chi connectivity index (χ0n) is 15.9. The summed E-state index contributed by atoms with van der Waals surface area (Å²) in [5, 5.41) is 5.58. The van der Waals surface area contributed by atoms with Crippen molar-refractivity contribution in [2.45, 2.75) is 35.6 Å². The van der Waals surface area contributed by atoms with Crippen LogP contribution >= 0.6 is 24.0 Å². The van der Waals surface area contributed by atoms with Gasteiger partial charge in [0.1, 0.15) is 4.90 Å². The molecule has 0 radical (unpaired) electrons. The summed E-state index contributed by atoms with van der Waals surface area (Å²) in [6.07, 6.45) is 6.28. The number of rotatable bonds is 8. The van der Waals surface area contributed by atoms with Crippen LogP contribution in [-0.4, -0.2) is 37.7 Å². The topological polar surface area (TPSA) is 103 Å². The number of H-pyrrole nitrogens is 1. The molecule has 2 rings (SSSR count). The van der Waals surface area contributed by atoms with Gasteiger partial charge >= 0.3 is 0 Å². The number of thiocarbonyl (C=S) groups is 1. The second kappa shape index (κ2) is 9.94. The molecule has 0 saturated heterocycles. The van der Waals surface area contributed by atoms with Crippen molar-refractivity contribution >= 4 is 45.0 Å². The molecule has 2 aromatic rings. The molecule has 1 heterocycles. The molecule has 1 aromatic carbocycles. The van der Waals surface area contributed by atoms with Crippen LogP contribution in [0.1, 0.15) is 30.5 Å². The van der Waals surface area contributed by atoms with Crippen LogP contribution in [0.25, 0.3) is 0 Å². The number of aromatic amines is 1. The standard InChI is InChI=1S/C18H24N4O3S3/c1-4-14(13-7-8-20-11-13)21-17(23)10-12-5-6-15(27-3)16(9-12)28(24,25)22-18(26)19-2/h5-9,11,14,20H,4,10H2,1-3H3,(H,21,23)(H2,19,22,26). The lowest BCUT2D eigenvalue weighted by Crippen LogP contribution is -2.37. The highest BCUT2D eigenvalue weighted by Gasteiger charge is 2.21. The van der Waals surface area contributed by atoms with E-state index in [4.69, 9.17) is 12.2 Å². The maximum Gasteiger partial charge on any atom is 0.264 e. The number of benzene rings is 1. The first kappa shape index (κ1) is 22.3. The number of thioether (sulfide) groups is 1. The number of sulfonamides is 1. The average Bonchev–Trinajstić information content (AvgIpc) is 3.20. The molecule has 7 nitrogen and oxygen atoms in total. The largest absolute Gasteiger partial charge is 0.367 e. The minimum Gasteiger partial charge on any atom is -0.367 e. The van der Waals surface area contributed by atoms with Gasteiger partial charge in [-0.3, -0.25) is 9.52 Å². The monoisotopic (exact) mass is 440 g/mol. The summed E-state index contributed by atoms with van der Waals surface area (Å²) in [5.74, 6) is -0.174. The van der Waals surface area contributed by atoms with Crippen molar-refractivity contribution in [3.63, 3.8) is 0 Å². The Kier molecular flexibility index (Phi) is 7.90. The molecule has 0 aliphatic rings. The molecule has 4 N–H and O–H groups in total. The highest BCUT2D eigenvalue weighted by molar-refractivity contribution is 7.99. The van der Waals surface area contributed by atoms with Gasteiger partial charge < -0.3 is 15.6 Å². The highest BCUT2D eigenvalue weighted by atomic mass is 32.2. The van der Waals surface area contributed by atoms with Crippen molar-refractivity contribution in [3.8, 4) is 0 Å². The Morgan fingerprint density at radius 3 is 2.64 bits per heavy atom. The Hall–Kier alpha value is -2.04. The summed E-state index contributed by atoms with van der Waals surface area (Å²) < 4.78 is 27.6. The molecule has 1 aromatic heterocycles. The zero-order valence-corrected chi connectivity index (χ0v) is 18.4. The van der Waals surface area contributed by atoms with Gasteiger partial charge in [0.25, 0.3) is 10.0 Å². The van der Waals surface area contributed by atoms with Crippen LogP contribution in [0.5, 0.6) is 0 Å². The fourth-order valence-electron chi connectivity index (χ4n) is 2.67. The van der Waals surface area contributed by atoms with Crippen molar-refractivity contribution < 1.29 is 13.2 Å². The van der Waals surface area contributed by atoms with E-state index in [1.54, 1.807) is 18.4 Å². The normalized spacial score (nSPS) is 12.2. The molecule has 0 aliphatic heterocycles. The molecular formula is C18H24N4O3S3. The quantitative estimate of drug-likeness (QED) is 0.371. The van der Waals surface area contributed by atoms with Gasteiger partial charge in [-0.1, -0.05) is 13.0 Å². The Labute approximate surface area is 175 Å². The molecule has 1 amide bonds. The van der Waals surface area contributed by atoms with Crippen molar-refractivity contribution in [2.75, 3.05) is 13.3 Å². The lowest BCUT2D eigenvalue weighted by atomic mass is 10.1. The molecule has 1 atom stereocenters. The minimum absolute atomic E-state index is 0.00693. The maximum absolute atomic E-state index is 12.6. The highest BCUT2D eigenvalue weighted by Crippen LogP contribution is 2.26. The number of nitrogens with one attached hydrogen (secondary N) is 4. The number of aromatic nitrogens is 1. The van der Waals surface area contributed by atoms with Crippen molar-refractivity contribution in [1.82, 2.24) is 20.3 Å². The first-order chi connectivity index (χ1) is 13.3. The van der Waals surface area contributed by atoms with E-state index in [1.807, 2.05) is 25.4 Å². The zero-order chi connectivity index (χ0) is 20.7. The van der Waals surface area contributed by atoms with Crippen LogP contribution in [-0.2, 0) is 21.2 Å². The van der Waals surface area contributed by atoms with E-state index < -0.39 is 10.0 Å². The SMILES string of the molecule is CCC(NC(=O)Cc1ccc(SC)c(S(=O)(=O)NC(=S)NC)c1)c1cc[nH]c1. The summed E-state index contributed by atoms with van der Waals surface area (Å²) in [7, 11) is -2.31. The van der Waals surface area contributed by atoms with Gasteiger partial charge in [-0.15, -0.1) is 11.8 Å². The first-order valence-electron chi connectivity index (χ1n) is 8.64. The Balaban J connectivity index is 2.20. The van der Waals surface area contributed by atoms with Gasteiger partial charge in [-0.2, -0.15) is 0 Å². The Morgan fingerprint density at radius 1 is 1.32 bits per heavy atom. The fourth-order valence-corrected chi connectivity index (χ4v) is 5.14. The van der Waals surface area contributed by atoms with Gasteiger partial charge in [0.05, 0.1) is 12.5 Å². The van der Waals surface area contributed by atoms with Crippen LogP contribution in [0, 0.1) is 0 Å². The second-order valence-electron chi connectivity index (χ2n) is 6.02.